The van der Waals surface area contributed by atoms with Gasteiger partial charge < -0.3 is 15.4 Å². The number of ether oxygens (including phenoxy) is 1. The summed E-state index contributed by atoms with van der Waals surface area (Å²) in [6.07, 6.45) is 6.61. The Balaban J connectivity index is 1.31. The minimum atomic E-state index is -0.620. The van der Waals surface area contributed by atoms with Crippen molar-refractivity contribution in [3.8, 4) is 28.8 Å². The standard InChI is InChI=1S/C29H25F2N7O2/c30-19-3-1-5-21(12-19)40-22-8-9-23(24(31)13-22)26-25-27(33)34-16-35-28(25)38(36-26)15-20-4-2-10-37(20)29(39)18(14-32)11-17-6-7-17/h1,3,5,8-9,11-13,16-17,20H,2,4,6-7,10,15H2,(H2,33,34,35)/t20-/m1/s1. The van der Waals surface area contributed by atoms with E-state index < -0.39 is 11.6 Å². The summed E-state index contributed by atoms with van der Waals surface area (Å²) in [7, 11) is 0. The molecular weight excluding hydrogens is 516 g/mol. The lowest BCUT2D eigenvalue weighted by Crippen LogP contribution is -2.39. The topological polar surface area (TPSA) is 123 Å². The number of allylic oxidation sites excluding steroid dienone is 1. The Morgan fingerprint density at radius 3 is 2.73 bits per heavy atom. The van der Waals surface area contributed by atoms with Crippen molar-refractivity contribution in [3.05, 3.63) is 72.1 Å². The quantitative estimate of drug-likeness (QED) is 0.258. The van der Waals surface area contributed by atoms with Gasteiger partial charge in [-0.05, 0) is 55.9 Å². The van der Waals surface area contributed by atoms with Crippen molar-refractivity contribution in [2.24, 2.45) is 5.92 Å². The first-order chi connectivity index (χ1) is 19.4. The van der Waals surface area contributed by atoms with E-state index in [9.17, 15) is 14.4 Å². The lowest BCUT2D eigenvalue weighted by Gasteiger charge is -2.24. The van der Waals surface area contributed by atoms with Crippen molar-refractivity contribution in [2.75, 3.05) is 12.3 Å². The number of nitrogens with zero attached hydrogens (tertiary/aromatic N) is 6. The number of nitrogen functional groups attached to an aromatic ring is 1. The number of amides is 1. The van der Waals surface area contributed by atoms with Crippen molar-refractivity contribution in [1.82, 2.24) is 24.6 Å². The zero-order valence-corrected chi connectivity index (χ0v) is 21.4. The number of likely N-dealkylation sites (tertiary alicyclic amines) is 1. The van der Waals surface area contributed by atoms with Crippen LogP contribution < -0.4 is 10.5 Å². The number of hydrogen-bond acceptors (Lipinski definition) is 7. The average molecular weight is 542 g/mol. The maximum Gasteiger partial charge on any atom is 0.264 e. The Labute approximate surface area is 228 Å². The minimum Gasteiger partial charge on any atom is -0.457 e. The van der Waals surface area contributed by atoms with Gasteiger partial charge in [0.15, 0.2) is 5.65 Å². The van der Waals surface area contributed by atoms with Gasteiger partial charge in [0.1, 0.15) is 52.6 Å². The summed E-state index contributed by atoms with van der Waals surface area (Å²) in [6.45, 7) is 0.834. The number of fused-ring (bicyclic) bond motifs is 1. The maximum absolute atomic E-state index is 15.4. The van der Waals surface area contributed by atoms with E-state index in [1.807, 2.05) is 0 Å². The molecular formula is C29H25F2N7O2. The Hall–Kier alpha value is -4.85. The number of anilines is 1. The molecule has 6 rings (SSSR count). The molecule has 40 heavy (non-hydrogen) atoms. The van der Waals surface area contributed by atoms with E-state index in [2.05, 4.69) is 21.1 Å². The first-order valence-electron chi connectivity index (χ1n) is 13.0. The number of carbonyl (C=O) groups is 1. The molecule has 2 N–H and O–H groups in total. The molecule has 2 fully saturated rings. The van der Waals surface area contributed by atoms with E-state index in [1.165, 1.54) is 36.7 Å². The van der Waals surface area contributed by atoms with Crippen LogP contribution in [-0.2, 0) is 11.3 Å². The van der Waals surface area contributed by atoms with E-state index in [-0.39, 0.29) is 46.1 Å². The van der Waals surface area contributed by atoms with Gasteiger partial charge in [-0.25, -0.2) is 23.4 Å². The second kappa shape index (κ2) is 10.4. The number of benzene rings is 2. The molecule has 0 bridgehead atoms. The van der Waals surface area contributed by atoms with Gasteiger partial charge >= 0.3 is 0 Å². The Morgan fingerprint density at radius 2 is 1.98 bits per heavy atom. The van der Waals surface area contributed by atoms with Crippen LogP contribution in [0, 0.1) is 28.9 Å². The number of nitrogens with two attached hydrogens (primary N) is 1. The van der Waals surface area contributed by atoms with Gasteiger partial charge in [-0.15, -0.1) is 0 Å². The molecule has 9 nitrogen and oxygen atoms in total. The smallest absolute Gasteiger partial charge is 0.264 e. The van der Waals surface area contributed by atoms with Crippen molar-refractivity contribution < 1.29 is 18.3 Å². The molecule has 1 aliphatic carbocycles. The third kappa shape index (κ3) is 4.96. The van der Waals surface area contributed by atoms with Crippen LogP contribution >= 0.6 is 0 Å². The van der Waals surface area contributed by atoms with Crippen LogP contribution in [0.15, 0.2) is 60.4 Å². The molecule has 1 amide bonds. The highest BCUT2D eigenvalue weighted by molar-refractivity contribution is 5.99. The van der Waals surface area contributed by atoms with Crippen LogP contribution in [0.4, 0.5) is 14.6 Å². The minimum absolute atomic E-state index is 0.143. The number of aromatic nitrogens is 4. The summed E-state index contributed by atoms with van der Waals surface area (Å²) in [4.78, 5) is 23.4. The van der Waals surface area contributed by atoms with Gasteiger partial charge in [0.2, 0.25) is 0 Å². The summed E-state index contributed by atoms with van der Waals surface area (Å²) in [6, 6.07) is 11.7. The maximum atomic E-state index is 15.4. The Bertz CT molecular complexity index is 1690. The summed E-state index contributed by atoms with van der Waals surface area (Å²) in [5.74, 6) is -0.490. The Kier molecular flexibility index (Phi) is 6.59. The lowest BCUT2D eigenvalue weighted by molar-refractivity contribution is -0.127. The summed E-state index contributed by atoms with van der Waals surface area (Å²) >= 11 is 0. The van der Waals surface area contributed by atoms with Crippen LogP contribution in [0.25, 0.3) is 22.3 Å². The molecule has 1 saturated carbocycles. The van der Waals surface area contributed by atoms with Gasteiger partial charge in [-0.2, -0.15) is 10.4 Å². The molecule has 0 unspecified atom stereocenters. The molecule has 2 aliphatic rings. The monoisotopic (exact) mass is 541 g/mol. The first kappa shape index (κ1) is 25.4. The number of hydrogen-bond donors (Lipinski definition) is 1. The van der Waals surface area contributed by atoms with E-state index in [4.69, 9.17) is 10.5 Å². The molecule has 1 saturated heterocycles. The highest BCUT2D eigenvalue weighted by Gasteiger charge is 2.33. The van der Waals surface area contributed by atoms with Crippen molar-refractivity contribution >= 4 is 22.8 Å². The molecule has 11 heteroatoms. The molecule has 4 aromatic rings. The second-order valence-electron chi connectivity index (χ2n) is 10.0. The third-order valence-electron chi connectivity index (χ3n) is 7.18. The van der Waals surface area contributed by atoms with Gasteiger partial charge in [0.05, 0.1) is 18.0 Å². The molecule has 0 spiro atoms. The summed E-state index contributed by atoms with van der Waals surface area (Å²) in [5, 5.41) is 14.6. The second-order valence-corrected chi connectivity index (χ2v) is 10.0. The van der Waals surface area contributed by atoms with Gasteiger partial charge in [0, 0.05) is 24.2 Å². The molecule has 3 heterocycles. The van der Waals surface area contributed by atoms with E-state index in [0.29, 0.717) is 30.0 Å². The Morgan fingerprint density at radius 1 is 1.15 bits per heavy atom. The van der Waals surface area contributed by atoms with Crippen LogP contribution in [0.5, 0.6) is 11.5 Å². The van der Waals surface area contributed by atoms with Crippen LogP contribution in [0.2, 0.25) is 0 Å². The van der Waals surface area contributed by atoms with Crippen LogP contribution in [0.1, 0.15) is 25.7 Å². The molecule has 2 aromatic heterocycles. The van der Waals surface area contributed by atoms with Gasteiger partial charge in [-0.1, -0.05) is 12.1 Å². The zero-order valence-electron chi connectivity index (χ0n) is 21.4. The van der Waals surface area contributed by atoms with E-state index in [1.54, 1.807) is 27.8 Å². The van der Waals surface area contributed by atoms with Gasteiger partial charge in [0.25, 0.3) is 5.91 Å². The lowest BCUT2D eigenvalue weighted by atomic mass is 10.1. The predicted molar refractivity (Wildman–Crippen MR) is 143 cm³/mol. The van der Waals surface area contributed by atoms with Crippen LogP contribution in [0.3, 0.4) is 0 Å². The summed E-state index contributed by atoms with van der Waals surface area (Å²) < 4.78 is 36.2. The van der Waals surface area contributed by atoms with Crippen molar-refractivity contribution in [2.45, 2.75) is 38.3 Å². The van der Waals surface area contributed by atoms with Crippen molar-refractivity contribution in [3.63, 3.8) is 0 Å². The predicted octanol–water partition coefficient (Wildman–Crippen LogP) is 5.00. The molecule has 202 valence electrons. The van der Waals surface area contributed by atoms with Crippen LogP contribution in [-0.4, -0.2) is 43.1 Å². The largest absolute Gasteiger partial charge is 0.457 e. The normalized spacial score (nSPS) is 17.3. The fourth-order valence-corrected chi connectivity index (χ4v) is 5.07. The zero-order chi connectivity index (χ0) is 27.8. The fraction of sp³-hybridized carbons (Fsp3) is 0.276. The van der Waals surface area contributed by atoms with Gasteiger partial charge in [-0.3, -0.25) is 4.79 Å². The molecule has 1 atom stereocenters. The number of halogens is 2. The highest BCUT2D eigenvalue weighted by atomic mass is 19.1. The van der Waals surface area contributed by atoms with E-state index >= 15 is 4.39 Å². The van der Waals surface area contributed by atoms with E-state index in [0.717, 1.165) is 25.7 Å². The molecule has 0 radical (unpaired) electrons. The highest BCUT2D eigenvalue weighted by Crippen LogP contribution is 2.35. The molecule has 2 aromatic carbocycles. The number of carbonyl (C=O) groups excluding carboxylic acids is 1. The number of rotatable bonds is 7. The summed E-state index contributed by atoms with van der Waals surface area (Å²) in [5.41, 5.74) is 7.21. The number of nitriles is 1. The third-order valence-corrected chi connectivity index (χ3v) is 7.18. The fourth-order valence-electron chi connectivity index (χ4n) is 5.07. The first-order valence-corrected chi connectivity index (χ1v) is 13.0. The SMILES string of the molecule is N#CC(=CC1CC1)C(=O)N1CCC[C@@H]1Cn1nc(-c2ccc(Oc3cccc(F)c3)cc2F)c2c(N)ncnc21. The molecule has 1 aliphatic heterocycles. The van der Waals surface area contributed by atoms with Crippen molar-refractivity contribution in [1.29, 1.82) is 5.26 Å². The average Bonchev–Trinajstić information content (AvgIpc) is 3.51.